The predicted molar refractivity (Wildman–Crippen MR) is 91.5 cm³/mol. The number of benzene rings is 1. The molecule has 0 fully saturated rings. The zero-order chi connectivity index (χ0) is 16.5. The lowest BCUT2D eigenvalue weighted by Crippen LogP contribution is -1.85. The molecule has 1 N–H and O–H groups in total. The first kappa shape index (κ1) is 15.2. The van der Waals surface area contributed by atoms with Crippen LogP contribution in [0.1, 0.15) is 5.69 Å². The minimum Gasteiger partial charge on any atom is -0.305 e. The molecule has 0 bridgehead atoms. The predicted octanol–water partition coefficient (Wildman–Crippen LogP) is 4.20. The molecule has 0 radical (unpaired) electrons. The van der Waals surface area contributed by atoms with Crippen molar-refractivity contribution in [1.82, 2.24) is 24.6 Å². The summed E-state index contributed by atoms with van der Waals surface area (Å²) in [4.78, 5) is 8.83. The molecule has 1 aromatic carbocycles. The van der Waals surface area contributed by atoms with Crippen LogP contribution in [0.25, 0.3) is 17.0 Å². The first-order chi connectivity index (χ1) is 11.7. The monoisotopic (exact) mass is 359 g/mol. The van der Waals surface area contributed by atoms with E-state index in [1.54, 1.807) is 30.5 Å². The second kappa shape index (κ2) is 6.26. The third kappa shape index (κ3) is 3.00. The van der Waals surface area contributed by atoms with Crippen molar-refractivity contribution in [2.24, 2.45) is 0 Å². The normalized spacial score (nSPS) is 11.2. The van der Waals surface area contributed by atoms with E-state index in [4.69, 9.17) is 11.6 Å². The summed E-state index contributed by atoms with van der Waals surface area (Å²) < 4.78 is 15.6. The standard InChI is InChI=1S/C16H11ClFN5S/c17-10-5-6-14-19-11(8-23(14)7-10)9-24-16-20-15(21-22-16)12-3-1-2-4-13(12)18/h1-8H,9H2,(H,20,21,22). The van der Waals surface area contributed by atoms with Gasteiger partial charge in [-0.25, -0.2) is 14.4 Å². The second-order valence-electron chi connectivity index (χ2n) is 5.08. The average molecular weight is 360 g/mol. The molecule has 0 aliphatic heterocycles. The highest BCUT2D eigenvalue weighted by Crippen LogP contribution is 2.24. The van der Waals surface area contributed by atoms with E-state index in [1.807, 2.05) is 16.7 Å². The van der Waals surface area contributed by atoms with Crippen LogP contribution in [-0.2, 0) is 5.75 Å². The van der Waals surface area contributed by atoms with Gasteiger partial charge < -0.3 is 4.40 Å². The maximum Gasteiger partial charge on any atom is 0.209 e. The quantitative estimate of drug-likeness (QED) is 0.555. The van der Waals surface area contributed by atoms with Crippen molar-refractivity contribution in [2.75, 3.05) is 0 Å². The number of hydrogen-bond acceptors (Lipinski definition) is 4. The Morgan fingerprint density at radius 3 is 2.88 bits per heavy atom. The number of pyridine rings is 1. The third-order valence-electron chi connectivity index (χ3n) is 3.41. The van der Waals surface area contributed by atoms with Crippen molar-refractivity contribution in [1.29, 1.82) is 0 Å². The summed E-state index contributed by atoms with van der Waals surface area (Å²) in [6, 6.07) is 10.1. The van der Waals surface area contributed by atoms with E-state index >= 15 is 0 Å². The number of halogens is 2. The van der Waals surface area contributed by atoms with E-state index in [-0.39, 0.29) is 5.82 Å². The highest BCUT2D eigenvalue weighted by Gasteiger charge is 2.11. The van der Waals surface area contributed by atoms with Gasteiger partial charge in [0, 0.05) is 18.1 Å². The summed E-state index contributed by atoms with van der Waals surface area (Å²) in [5, 5.41) is 8.09. The Labute approximate surface area is 145 Å². The van der Waals surface area contributed by atoms with Crippen LogP contribution < -0.4 is 0 Å². The number of nitrogens with one attached hydrogen (secondary N) is 1. The van der Waals surface area contributed by atoms with Crippen molar-refractivity contribution in [3.05, 3.63) is 65.3 Å². The molecule has 0 saturated heterocycles. The maximum absolute atomic E-state index is 13.8. The molecule has 0 saturated carbocycles. The zero-order valence-electron chi connectivity index (χ0n) is 12.3. The van der Waals surface area contributed by atoms with Crippen molar-refractivity contribution >= 4 is 29.0 Å². The molecule has 0 atom stereocenters. The third-order valence-corrected chi connectivity index (χ3v) is 4.51. The van der Waals surface area contributed by atoms with Gasteiger partial charge in [0.25, 0.3) is 0 Å². The van der Waals surface area contributed by atoms with Crippen molar-refractivity contribution < 1.29 is 4.39 Å². The van der Waals surface area contributed by atoms with E-state index in [0.29, 0.717) is 27.3 Å². The fourth-order valence-corrected chi connectivity index (χ4v) is 3.16. The molecule has 8 heteroatoms. The first-order valence-electron chi connectivity index (χ1n) is 7.12. The smallest absolute Gasteiger partial charge is 0.209 e. The molecular formula is C16H11ClFN5S. The molecule has 3 aromatic heterocycles. The Bertz CT molecular complexity index is 1010. The van der Waals surface area contributed by atoms with Crippen LogP contribution in [-0.4, -0.2) is 24.6 Å². The number of H-pyrrole nitrogens is 1. The van der Waals surface area contributed by atoms with Crippen LogP contribution >= 0.6 is 23.4 Å². The SMILES string of the molecule is Fc1ccccc1-c1nc(SCc2cn3cc(Cl)ccc3n2)n[nH]1. The lowest BCUT2D eigenvalue weighted by atomic mass is 10.2. The summed E-state index contributed by atoms with van der Waals surface area (Å²) in [5.74, 6) is 0.688. The lowest BCUT2D eigenvalue weighted by Gasteiger charge is -1.96. The molecule has 3 heterocycles. The molecule has 0 aliphatic rings. The fraction of sp³-hybridized carbons (Fsp3) is 0.0625. The van der Waals surface area contributed by atoms with Crippen LogP contribution in [0.15, 0.2) is 53.9 Å². The Morgan fingerprint density at radius 2 is 2.00 bits per heavy atom. The molecule has 24 heavy (non-hydrogen) atoms. The van der Waals surface area contributed by atoms with Crippen LogP contribution in [0.3, 0.4) is 0 Å². The van der Waals surface area contributed by atoms with E-state index in [0.717, 1.165) is 11.3 Å². The number of imidazole rings is 1. The summed E-state index contributed by atoms with van der Waals surface area (Å²) in [6.45, 7) is 0. The average Bonchev–Trinajstić information content (AvgIpc) is 3.19. The molecular weight excluding hydrogens is 349 g/mol. The molecule has 5 nitrogen and oxygen atoms in total. The van der Waals surface area contributed by atoms with Crippen LogP contribution in [0.2, 0.25) is 5.02 Å². The van der Waals surface area contributed by atoms with Gasteiger partial charge >= 0.3 is 0 Å². The molecule has 120 valence electrons. The van der Waals surface area contributed by atoms with Crippen molar-refractivity contribution in [2.45, 2.75) is 10.9 Å². The van der Waals surface area contributed by atoms with Gasteiger partial charge in [-0.1, -0.05) is 35.5 Å². The first-order valence-corrected chi connectivity index (χ1v) is 8.48. The van der Waals surface area contributed by atoms with Gasteiger partial charge in [0.2, 0.25) is 5.16 Å². The Kier molecular flexibility index (Phi) is 3.95. The molecule has 0 aliphatic carbocycles. The number of nitrogens with zero attached hydrogens (tertiary/aromatic N) is 4. The number of hydrogen-bond donors (Lipinski definition) is 1. The lowest BCUT2D eigenvalue weighted by molar-refractivity contribution is 0.630. The maximum atomic E-state index is 13.8. The van der Waals surface area contributed by atoms with Gasteiger partial charge in [-0.05, 0) is 24.3 Å². The van der Waals surface area contributed by atoms with Gasteiger partial charge in [0.15, 0.2) is 5.82 Å². The minimum absolute atomic E-state index is 0.331. The van der Waals surface area contributed by atoms with Crippen molar-refractivity contribution in [3.63, 3.8) is 0 Å². The van der Waals surface area contributed by atoms with Gasteiger partial charge in [-0.15, -0.1) is 5.10 Å². The van der Waals surface area contributed by atoms with Crippen LogP contribution in [0.4, 0.5) is 4.39 Å². The molecule has 0 amide bonds. The number of aromatic nitrogens is 5. The number of aromatic amines is 1. The topological polar surface area (TPSA) is 58.9 Å². The van der Waals surface area contributed by atoms with Crippen LogP contribution in [0.5, 0.6) is 0 Å². The largest absolute Gasteiger partial charge is 0.305 e. The van der Waals surface area contributed by atoms with E-state index in [9.17, 15) is 4.39 Å². The summed E-state index contributed by atoms with van der Waals surface area (Å²) in [5.41, 5.74) is 2.12. The molecule has 4 rings (SSSR count). The molecule has 0 unspecified atom stereocenters. The van der Waals surface area contributed by atoms with Crippen molar-refractivity contribution in [3.8, 4) is 11.4 Å². The van der Waals surface area contributed by atoms with Gasteiger partial charge in [0.1, 0.15) is 11.5 Å². The Morgan fingerprint density at radius 1 is 1.12 bits per heavy atom. The second-order valence-corrected chi connectivity index (χ2v) is 6.46. The summed E-state index contributed by atoms with van der Waals surface area (Å²) in [7, 11) is 0. The van der Waals surface area contributed by atoms with E-state index < -0.39 is 0 Å². The summed E-state index contributed by atoms with van der Waals surface area (Å²) >= 11 is 7.40. The highest BCUT2D eigenvalue weighted by molar-refractivity contribution is 7.98. The Balaban J connectivity index is 1.50. The van der Waals surface area contributed by atoms with Gasteiger partial charge in [-0.2, -0.15) is 0 Å². The van der Waals surface area contributed by atoms with E-state index in [2.05, 4.69) is 20.2 Å². The van der Waals surface area contributed by atoms with Gasteiger partial charge in [0.05, 0.1) is 16.3 Å². The number of thioether (sulfide) groups is 1. The number of fused-ring (bicyclic) bond motifs is 1. The molecule has 4 aromatic rings. The van der Waals surface area contributed by atoms with Gasteiger partial charge in [-0.3, -0.25) is 5.10 Å². The Hall–Kier alpha value is -2.38. The fourth-order valence-electron chi connectivity index (χ4n) is 2.31. The van der Waals surface area contributed by atoms with E-state index in [1.165, 1.54) is 17.8 Å². The number of rotatable bonds is 4. The molecule has 0 spiro atoms. The minimum atomic E-state index is -0.331. The highest BCUT2D eigenvalue weighted by atomic mass is 35.5. The zero-order valence-corrected chi connectivity index (χ0v) is 13.9. The van der Waals surface area contributed by atoms with Crippen LogP contribution in [0, 0.1) is 5.82 Å². The summed E-state index contributed by atoms with van der Waals surface area (Å²) in [6.07, 6.45) is 3.72.